The van der Waals surface area contributed by atoms with E-state index < -0.39 is 0 Å². The lowest BCUT2D eigenvalue weighted by molar-refractivity contribution is -0.134. The Morgan fingerprint density at radius 1 is 1.36 bits per heavy atom. The summed E-state index contributed by atoms with van der Waals surface area (Å²) in [7, 11) is 2.10. The van der Waals surface area contributed by atoms with Crippen molar-refractivity contribution in [2.45, 2.75) is 52.6 Å². The van der Waals surface area contributed by atoms with E-state index in [1.54, 1.807) is 0 Å². The molecule has 1 amide bonds. The van der Waals surface area contributed by atoms with Crippen molar-refractivity contribution in [3.8, 4) is 0 Å². The Hall–Kier alpha value is -2.30. The van der Waals surface area contributed by atoms with Crippen LogP contribution in [0.5, 0.6) is 0 Å². The van der Waals surface area contributed by atoms with Crippen molar-refractivity contribution in [3.63, 3.8) is 0 Å². The molecule has 134 valence electrons. The van der Waals surface area contributed by atoms with E-state index in [1.165, 1.54) is 16.8 Å². The number of hydrogen-bond donors (Lipinski definition) is 1. The molecule has 0 spiro atoms. The standard InChI is InChI=1S/C20H28N4O/c1-13(20-15(3)21-22-16(20)4)10-19(25)24-12-17-8-6-7-9-18(17)23(5)11-14(24)2/h6-9,13-14H,10-12H2,1-5H3,(H,21,22)/t13-,14+/m1/s1. The highest BCUT2D eigenvalue weighted by Crippen LogP contribution is 2.29. The maximum Gasteiger partial charge on any atom is 0.223 e. The van der Waals surface area contributed by atoms with E-state index in [0.717, 1.165) is 17.9 Å². The molecule has 1 aliphatic heterocycles. The number of amides is 1. The minimum absolute atomic E-state index is 0.162. The number of hydrogen-bond acceptors (Lipinski definition) is 3. The van der Waals surface area contributed by atoms with Crippen LogP contribution in [0.25, 0.3) is 0 Å². The molecule has 0 unspecified atom stereocenters. The largest absolute Gasteiger partial charge is 0.372 e. The average molecular weight is 340 g/mol. The Morgan fingerprint density at radius 2 is 2.08 bits per heavy atom. The van der Waals surface area contributed by atoms with Crippen molar-refractivity contribution in [1.82, 2.24) is 15.1 Å². The van der Waals surface area contributed by atoms with Gasteiger partial charge in [-0.25, -0.2) is 0 Å². The van der Waals surface area contributed by atoms with Gasteiger partial charge in [-0.15, -0.1) is 0 Å². The van der Waals surface area contributed by atoms with Gasteiger partial charge in [0.2, 0.25) is 5.91 Å². The molecule has 0 radical (unpaired) electrons. The zero-order chi connectivity index (χ0) is 18.1. The first-order chi connectivity index (χ1) is 11.9. The van der Waals surface area contributed by atoms with Gasteiger partial charge in [-0.3, -0.25) is 9.89 Å². The first-order valence-corrected chi connectivity index (χ1v) is 8.98. The molecule has 5 heteroatoms. The fourth-order valence-electron chi connectivity index (χ4n) is 4.05. The number of para-hydroxylation sites is 1. The number of aryl methyl sites for hydroxylation is 2. The molecule has 3 rings (SSSR count). The van der Waals surface area contributed by atoms with Crippen molar-refractivity contribution >= 4 is 11.6 Å². The number of carbonyl (C=O) groups excluding carboxylic acids is 1. The van der Waals surface area contributed by atoms with E-state index in [-0.39, 0.29) is 17.9 Å². The van der Waals surface area contributed by atoms with Gasteiger partial charge in [0.1, 0.15) is 0 Å². The van der Waals surface area contributed by atoms with Crippen LogP contribution in [-0.4, -0.2) is 40.6 Å². The van der Waals surface area contributed by atoms with E-state index in [2.05, 4.69) is 54.2 Å². The molecular weight excluding hydrogens is 312 g/mol. The fourth-order valence-corrected chi connectivity index (χ4v) is 4.05. The maximum absolute atomic E-state index is 13.1. The van der Waals surface area contributed by atoms with Crippen molar-refractivity contribution in [3.05, 3.63) is 46.8 Å². The summed E-state index contributed by atoms with van der Waals surface area (Å²) >= 11 is 0. The summed E-state index contributed by atoms with van der Waals surface area (Å²) in [5.74, 6) is 0.375. The number of nitrogens with zero attached hydrogens (tertiary/aromatic N) is 3. The highest BCUT2D eigenvalue weighted by molar-refractivity contribution is 5.78. The summed E-state index contributed by atoms with van der Waals surface area (Å²) in [5, 5.41) is 7.30. The molecule has 0 saturated carbocycles. The van der Waals surface area contributed by atoms with E-state index in [1.807, 2.05) is 24.8 Å². The third kappa shape index (κ3) is 3.41. The lowest BCUT2D eigenvalue weighted by Gasteiger charge is -2.29. The van der Waals surface area contributed by atoms with Crippen molar-refractivity contribution in [1.29, 1.82) is 0 Å². The maximum atomic E-state index is 13.1. The molecule has 1 N–H and O–H groups in total. The lowest BCUT2D eigenvalue weighted by Crippen LogP contribution is -2.42. The van der Waals surface area contributed by atoms with Gasteiger partial charge in [0.05, 0.1) is 5.69 Å². The molecule has 0 saturated heterocycles. The fraction of sp³-hybridized carbons (Fsp3) is 0.500. The molecule has 2 atom stereocenters. The second-order valence-electron chi connectivity index (χ2n) is 7.33. The van der Waals surface area contributed by atoms with Gasteiger partial charge in [0.25, 0.3) is 0 Å². The molecule has 1 aromatic heterocycles. The first-order valence-electron chi connectivity index (χ1n) is 8.98. The monoisotopic (exact) mass is 340 g/mol. The Labute approximate surface area is 150 Å². The molecule has 0 bridgehead atoms. The number of aromatic nitrogens is 2. The normalized spacial score (nSPS) is 18.7. The summed E-state index contributed by atoms with van der Waals surface area (Å²) in [6.07, 6.45) is 0.511. The second kappa shape index (κ2) is 6.90. The summed E-state index contributed by atoms with van der Waals surface area (Å²) < 4.78 is 0. The van der Waals surface area contributed by atoms with Gasteiger partial charge in [0.15, 0.2) is 0 Å². The van der Waals surface area contributed by atoms with E-state index in [4.69, 9.17) is 0 Å². The topological polar surface area (TPSA) is 52.2 Å². The SMILES string of the molecule is Cc1n[nH]c(C)c1[C@H](C)CC(=O)N1Cc2ccccc2N(C)C[C@@H]1C. The van der Waals surface area contributed by atoms with Crippen LogP contribution in [0, 0.1) is 13.8 Å². The Morgan fingerprint density at radius 3 is 2.76 bits per heavy atom. The zero-order valence-electron chi connectivity index (χ0n) is 15.8. The number of likely N-dealkylation sites (N-methyl/N-ethyl adjacent to an activating group) is 1. The Kier molecular flexibility index (Phi) is 4.84. The summed E-state index contributed by atoms with van der Waals surface area (Å²) in [5.41, 5.74) is 5.66. The van der Waals surface area contributed by atoms with Crippen LogP contribution >= 0.6 is 0 Å². The number of carbonyl (C=O) groups is 1. The first kappa shape index (κ1) is 17.5. The summed E-state index contributed by atoms with van der Waals surface area (Å²) in [6.45, 7) is 9.80. The predicted octanol–water partition coefficient (Wildman–Crippen LogP) is 3.39. The van der Waals surface area contributed by atoms with Gasteiger partial charge in [-0.1, -0.05) is 25.1 Å². The van der Waals surface area contributed by atoms with Crippen LogP contribution in [0.1, 0.15) is 48.7 Å². The second-order valence-corrected chi connectivity index (χ2v) is 7.33. The highest BCUT2D eigenvalue weighted by atomic mass is 16.2. The molecule has 1 aromatic carbocycles. The molecule has 2 heterocycles. The minimum Gasteiger partial charge on any atom is -0.372 e. The molecular formula is C20H28N4O. The van der Waals surface area contributed by atoms with Crippen LogP contribution in [0.4, 0.5) is 5.69 Å². The Balaban J connectivity index is 1.80. The van der Waals surface area contributed by atoms with Gasteiger partial charge in [-0.05, 0) is 43.9 Å². The average Bonchev–Trinajstić information content (AvgIpc) is 2.84. The molecule has 0 aliphatic carbocycles. The number of benzene rings is 1. The van der Waals surface area contributed by atoms with Gasteiger partial charge < -0.3 is 9.80 Å². The third-order valence-corrected chi connectivity index (χ3v) is 5.29. The van der Waals surface area contributed by atoms with Crippen LogP contribution in [0.15, 0.2) is 24.3 Å². The number of fused-ring (bicyclic) bond motifs is 1. The zero-order valence-corrected chi connectivity index (χ0v) is 15.8. The quantitative estimate of drug-likeness (QED) is 0.932. The summed E-state index contributed by atoms with van der Waals surface area (Å²) in [6, 6.07) is 8.55. The van der Waals surface area contributed by atoms with Crippen LogP contribution < -0.4 is 4.90 Å². The highest BCUT2D eigenvalue weighted by Gasteiger charge is 2.28. The van der Waals surface area contributed by atoms with Crippen LogP contribution in [0.2, 0.25) is 0 Å². The lowest BCUT2D eigenvalue weighted by atomic mass is 9.95. The number of nitrogens with one attached hydrogen (secondary N) is 1. The molecule has 5 nitrogen and oxygen atoms in total. The van der Waals surface area contributed by atoms with E-state index >= 15 is 0 Å². The van der Waals surface area contributed by atoms with Crippen molar-refractivity contribution < 1.29 is 4.79 Å². The Bertz CT molecular complexity index is 747. The molecule has 25 heavy (non-hydrogen) atoms. The van der Waals surface area contributed by atoms with Gasteiger partial charge in [-0.2, -0.15) is 5.10 Å². The van der Waals surface area contributed by atoms with E-state index in [0.29, 0.717) is 13.0 Å². The molecule has 1 aliphatic rings. The predicted molar refractivity (Wildman–Crippen MR) is 101 cm³/mol. The van der Waals surface area contributed by atoms with Gasteiger partial charge in [0, 0.05) is 44.0 Å². The van der Waals surface area contributed by atoms with Gasteiger partial charge >= 0.3 is 0 Å². The number of rotatable bonds is 3. The number of H-pyrrole nitrogens is 1. The minimum atomic E-state index is 0.162. The van der Waals surface area contributed by atoms with Crippen LogP contribution in [0.3, 0.4) is 0 Å². The number of aromatic amines is 1. The van der Waals surface area contributed by atoms with Crippen molar-refractivity contribution in [2.75, 3.05) is 18.5 Å². The molecule has 0 fully saturated rings. The number of anilines is 1. The van der Waals surface area contributed by atoms with Crippen molar-refractivity contribution in [2.24, 2.45) is 0 Å². The summed E-state index contributed by atoms with van der Waals surface area (Å²) in [4.78, 5) is 17.4. The molecule has 2 aromatic rings. The van der Waals surface area contributed by atoms with E-state index in [9.17, 15) is 4.79 Å². The van der Waals surface area contributed by atoms with Crippen LogP contribution in [-0.2, 0) is 11.3 Å². The smallest absolute Gasteiger partial charge is 0.223 e. The third-order valence-electron chi connectivity index (χ3n) is 5.29.